The minimum atomic E-state index is -0.102. The highest BCUT2D eigenvalue weighted by Gasteiger charge is 2.33. The van der Waals surface area contributed by atoms with Gasteiger partial charge in [0.15, 0.2) is 0 Å². The molecule has 1 amide bonds. The van der Waals surface area contributed by atoms with Gasteiger partial charge in [0.25, 0.3) is 0 Å². The zero-order chi connectivity index (χ0) is 17.2. The smallest absolute Gasteiger partial charge is 0.239 e. The lowest BCUT2D eigenvalue weighted by Gasteiger charge is -2.36. The summed E-state index contributed by atoms with van der Waals surface area (Å²) in [5, 5.41) is 4.43. The average molecular weight is 340 g/mol. The van der Waals surface area contributed by atoms with Crippen LogP contribution in [0.5, 0.6) is 0 Å². The molecule has 2 saturated heterocycles. The first-order valence-corrected chi connectivity index (χ1v) is 8.90. The van der Waals surface area contributed by atoms with Gasteiger partial charge in [-0.3, -0.25) is 4.79 Å². The number of nitrogens with zero attached hydrogens (tertiary/aromatic N) is 3. The van der Waals surface area contributed by atoms with Crippen molar-refractivity contribution in [1.29, 1.82) is 0 Å². The second kappa shape index (κ2) is 6.98. The van der Waals surface area contributed by atoms with Gasteiger partial charge in [-0.15, -0.1) is 0 Å². The van der Waals surface area contributed by atoms with Crippen LogP contribution in [0.15, 0.2) is 36.4 Å². The van der Waals surface area contributed by atoms with E-state index in [1.54, 1.807) is 7.11 Å². The molecule has 0 spiro atoms. The number of hydrogen-bond acceptors (Lipinski definition) is 5. The van der Waals surface area contributed by atoms with Gasteiger partial charge in [-0.2, -0.15) is 0 Å². The Bertz CT molecular complexity index is 758. The van der Waals surface area contributed by atoms with Gasteiger partial charge in [0.1, 0.15) is 5.82 Å². The number of nitrogens with one attached hydrogen (secondary N) is 1. The van der Waals surface area contributed by atoms with Crippen molar-refractivity contribution >= 4 is 22.6 Å². The fourth-order valence-electron chi connectivity index (χ4n) is 3.68. The predicted molar refractivity (Wildman–Crippen MR) is 97.7 cm³/mol. The number of fused-ring (bicyclic) bond motifs is 1. The molecule has 25 heavy (non-hydrogen) atoms. The summed E-state index contributed by atoms with van der Waals surface area (Å²) in [5.41, 5.74) is 1.01. The van der Waals surface area contributed by atoms with Gasteiger partial charge in [0.05, 0.1) is 17.7 Å². The number of ether oxygens (including phenoxy) is 1. The van der Waals surface area contributed by atoms with E-state index < -0.39 is 0 Å². The van der Waals surface area contributed by atoms with Crippen molar-refractivity contribution in [1.82, 2.24) is 15.2 Å². The Balaban J connectivity index is 1.38. The molecule has 0 unspecified atom stereocenters. The summed E-state index contributed by atoms with van der Waals surface area (Å²) >= 11 is 0. The highest BCUT2D eigenvalue weighted by Crippen LogP contribution is 2.20. The Kier molecular flexibility index (Phi) is 4.55. The fraction of sp³-hybridized carbons (Fsp3) is 0.474. The maximum Gasteiger partial charge on any atom is 0.239 e. The molecule has 132 valence electrons. The number of amides is 1. The molecule has 0 radical (unpaired) electrons. The van der Waals surface area contributed by atoms with Crippen molar-refractivity contribution in [2.75, 3.05) is 44.7 Å². The highest BCUT2D eigenvalue weighted by molar-refractivity contribution is 5.83. The van der Waals surface area contributed by atoms with Crippen molar-refractivity contribution in [2.45, 2.75) is 18.6 Å². The molecule has 0 saturated carbocycles. The number of aromatic nitrogens is 1. The summed E-state index contributed by atoms with van der Waals surface area (Å²) in [5.74, 6) is 1.19. The molecule has 3 heterocycles. The number of carbonyl (C=O) groups is 1. The molecule has 2 fully saturated rings. The number of anilines is 1. The molecule has 6 nitrogen and oxygen atoms in total. The second-order valence-corrected chi connectivity index (χ2v) is 6.73. The Labute approximate surface area is 147 Å². The topological polar surface area (TPSA) is 57.7 Å². The number of methoxy groups -OCH3 is 1. The fourth-order valence-corrected chi connectivity index (χ4v) is 3.68. The maximum absolute atomic E-state index is 12.7. The highest BCUT2D eigenvalue weighted by atomic mass is 16.5. The monoisotopic (exact) mass is 340 g/mol. The van der Waals surface area contributed by atoms with Crippen LogP contribution in [0.4, 0.5) is 5.82 Å². The Morgan fingerprint density at radius 1 is 1.16 bits per heavy atom. The molecular weight excluding hydrogens is 316 g/mol. The lowest BCUT2D eigenvalue weighted by molar-refractivity contribution is -0.133. The Morgan fingerprint density at radius 2 is 1.96 bits per heavy atom. The van der Waals surface area contributed by atoms with Crippen LogP contribution in [0, 0.1) is 0 Å². The third kappa shape index (κ3) is 3.32. The summed E-state index contributed by atoms with van der Waals surface area (Å²) in [6.45, 7) is 3.87. The van der Waals surface area contributed by atoms with Gasteiger partial charge in [-0.25, -0.2) is 4.98 Å². The summed E-state index contributed by atoms with van der Waals surface area (Å²) in [6, 6.07) is 12.2. The van der Waals surface area contributed by atoms with Crippen LogP contribution in [0.1, 0.15) is 6.42 Å². The summed E-state index contributed by atoms with van der Waals surface area (Å²) in [4.78, 5) is 21.6. The quantitative estimate of drug-likeness (QED) is 0.912. The number of benzene rings is 1. The van der Waals surface area contributed by atoms with Crippen LogP contribution in [0.3, 0.4) is 0 Å². The van der Waals surface area contributed by atoms with Crippen LogP contribution in [-0.4, -0.2) is 67.8 Å². The van der Waals surface area contributed by atoms with Gasteiger partial charge in [0.2, 0.25) is 5.91 Å². The minimum absolute atomic E-state index is 0.102. The molecule has 1 N–H and O–H groups in total. The van der Waals surface area contributed by atoms with Gasteiger partial charge in [-0.05, 0) is 24.6 Å². The minimum Gasteiger partial charge on any atom is -0.380 e. The number of carbonyl (C=O) groups excluding carboxylic acids is 1. The molecule has 4 rings (SSSR count). The van der Waals surface area contributed by atoms with Gasteiger partial charge >= 0.3 is 0 Å². The van der Waals surface area contributed by atoms with Gasteiger partial charge in [0, 0.05) is 45.2 Å². The molecule has 2 atom stereocenters. The first kappa shape index (κ1) is 16.3. The number of para-hydroxylation sites is 1. The maximum atomic E-state index is 12.7. The lowest BCUT2D eigenvalue weighted by Crippen LogP contribution is -2.53. The second-order valence-electron chi connectivity index (χ2n) is 6.73. The standard InChI is InChI=1S/C19H24N4O2/c1-25-15-12-17(20-13-15)19(24)23-10-8-22(9-11-23)18-7-6-14-4-2-3-5-16(14)21-18/h2-7,15,17,20H,8-13H2,1H3/t15-,17-/m0/s1. The predicted octanol–water partition coefficient (Wildman–Crippen LogP) is 1.26. The Morgan fingerprint density at radius 3 is 2.72 bits per heavy atom. The third-order valence-electron chi connectivity index (χ3n) is 5.22. The van der Waals surface area contributed by atoms with Gasteiger partial charge < -0.3 is 19.9 Å². The SMILES string of the molecule is CO[C@@H]1CN[C@H](C(=O)N2CCN(c3ccc4ccccc4n3)CC2)C1. The number of piperazine rings is 1. The van der Waals surface area contributed by atoms with Crippen LogP contribution in [-0.2, 0) is 9.53 Å². The van der Waals surface area contributed by atoms with E-state index in [1.807, 2.05) is 23.1 Å². The summed E-state index contributed by atoms with van der Waals surface area (Å²) < 4.78 is 5.34. The average Bonchev–Trinajstić information content (AvgIpc) is 3.16. The van der Waals surface area contributed by atoms with E-state index >= 15 is 0 Å². The molecule has 2 aromatic rings. The lowest BCUT2D eigenvalue weighted by atomic mass is 10.1. The summed E-state index contributed by atoms with van der Waals surface area (Å²) in [7, 11) is 1.70. The van der Waals surface area contributed by atoms with E-state index in [4.69, 9.17) is 9.72 Å². The zero-order valence-electron chi connectivity index (χ0n) is 14.5. The van der Waals surface area contributed by atoms with E-state index in [1.165, 1.54) is 0 Å². The van der Waals surface area contributed by atoms with E-state index in [0.717, 1.165) is 55.9 Å². The largest absolute Gasteiger partial charge is 0.380 e. The molecular formula is C19H24N4O2. The van der Waals surface area contributed by atoms with Crippen molar-refractivity contribution in [3.05, 3.63) is 36.4 Å². The zero-order valence-corrected chi connectivity index (χ0v) is 14.5. The van der Waals surface area contributed by atoms with Crippen LogP contribution < -0.4 is 10.2 Å². The van der Waals surface area contributed by atoms with E-state index in [2.05, 4.69) is 28.4 Å². The van der Waals surface area contributed by atoms with Crippen molar-refractivity contribution in [3.8, 4) is 0 Å². The van der Waals surface area contributed by atoms with Gasteiger partial charge in [-0.1, -0.05) is 18.2 Å². The molecule has 0 bridgehead atoms. The first-order valence-electron chi connectivity index (χ1n) is 8.90. The Hall–Kier alpha value is -2.18. The normalized spacial score (nSPS) is 24.0. The number of hydrogen-bond donors (Lipinski definition) is 1. The van der Waals surface area contributed by atoms with Crippen LogP contribution >= 0.6 is 0 Å². The van der Waals surface area contributed by atoms with Crippen molar-refractivity contribution < 1.29 is 9.53 Å². The molecule has 0 aliphatic carbocycles. The van der Waals surface area contributed by atoms with Crippen molar-refractivity contribution in [3.63, 3.8) is 0 Å². The third-order valence-corrected chi connectivity index (χ3v) is 5.22. The van der Waals surface area contributed by atoms with Crippen LogP contribution in [0.25, 0.3) is 10.9 Å². The molecule has 2 aliphatic rings. The van der Waals surface area contributed by atoms with Crippen molar-refractivity contribution in [2.24, 2.45) is 0 Å². The van der Waals surface area contributed by atoms with E-state index in [-0.39, 0.29) is 18.1 Å². The van der Waals surface area contributed by atoms with E-state index in [0.29, 0.717) is 0 Å². The van der Waals surface area contributed by atoms with E-state index in [9.17, 15) is 4.79 Å². The summed E-state index contributed by atoms with van der Waals surface area (Å²) in [6.07, 6.45) is 0.916. The molecule has 6 heteroatoms. The number of pyridine rings is 1. The molecule has 2 aliphatic heterocycles. The molecule has 1 aromatic heterocycles. The van der Waals surface area contributed by atoms with Crippen LogP contribution in [0.2, 0.25) is 0 Å². The molecule has 1 aromatic carbocycles. The number of rotatable bonds is 3. The first-order chi connectivity index (χ1) is 12.2.